The summed E-state index contributed by atoms with van der Waals surface area (Å²) in [7, 11) is 0. The van der Waals surface area contributed by atoms with E-state index in [0.29, 0.717) is 6.10 Å². The Labute approximate surface area is 106 Å². The van der Waals surface area contributed by atoms with Gasteiger partial charge in [0.25, 0.3) is 0 Å². The third-order valence-corrected chi connectivity index (χ3v) is 3.77. The van der Waals surface area contributed by atoms with E-state index in [2.05, 4.69) is 27.8 Å². The Morgan fingerprint density at radius 1 is 1.31 bits per heavy atom. The molecular formula is C13H18BrNO. The minimum absolute atomic E-state index is 0.396. The van der Waals surface area contributed by atoms with Crippen LogP contribution in [-0.4, -0.2) is 11.1 Å². The molecule has 0 atom stereocenters. The van der Waals surface area contributed by atoms with Crippen molar-refractivity contribution in [3.8, 4) is 5.75 Å². The summed E-state index contributed by atoms with van der Waals surface area (Å²) in [5.41, 5.74) is 1.05. The van der Waals surface area contributed by atoms with Gasteiger partial charge in [-0.25, -0.2) is 0 Å². The summed E-state index contributed by atoms with van der Waals surface area (Å²) >= 11 is 3.38. The number of hydrogen-bond acceptors (Lipinski definition) is 2. The van der Waals surface area contributed by atoms with Gasteiger partial charge in [-0.1, -0.05) is 22.9 Å². The van der Waals surface area contributed by atoms with Gasteiger partial charge in [0, 0.05) is 5.33 Å². The van der Waals surface area contributed by atoms with Crippen LogP contribution in [0.15, 0.2) is 18.3 Å². The fourth-order valence-electron chi connectivity index (χ4n) is 2.10. The van der Waals surface area contributed by atoms with Crippen LogP contribution < -0.4 is 4.74 Å². The normalized spacial score (nSPS) is 25.4. The lowest BCUT2D eigenvalue weighted by Gasteiger charge is -2.26. The minimum Gasteiger partial charge on any atom is -0.489 e. The molecule has 1 saturated carbocycles. The second kappa shape index (κ2) is 5.67. The predicted octanol–water partition coefficient (Wildman–Crippen LogP) is 3.93. The highest BCUT2D eigenvalue weighted by Crippen LogP contribution is 2.26. The molecule has 88 valence electrons. The van der Waals surface area contributed by atoms with Gasteiger partial charge < -0.3 is 4.74 Å². The second-order valence-corrected chi connectivity index (χ2v) is 5.18. The lowest BCUT2D eigenvalue weighted by molar-refractivity contribution is 0.135. The van der Waals surface area contributed by atoms with Crippen LogP contribution in [0, 0.1) is 5.92 Å². The summed E-state index contributed by atoms with van der Waals surface area (Å²) in [4.78, 5) is 4.31. The Balaban J connectivity index is 1.88. The first kappa shape index (κ1) is 11.9. The van der Waals surface area contributed by atoms with E-state index in [0.717, 1.165) is 22.7 Å². The van der Waals surface area contributed by atoms with Gasteiger partial charge in [0.1, 0.15) is 5.75 Å². The molecule has 0 spiro atoms. The highest BCUT2D eigenvalue weighted by Gasteiger charge is 2.19. The Morgan fingerprint density at radius 2 is 2.06 bits per heavy atom. The smallest absolute Gasteiger partial charge is 0.138 e. The molecule has 1 aromatic heterocycles. The Morgan fingerprint density at radius 3 is 2.62 bits per heavy atom. The lowest BCUT2D eigenvalue weighted by atomic mass is 9.89. The molecule has 0 aliphatic heterocycles. The molecule has 0 amide bonds. The summed E-state index contributed by atoms with van der Waals surface area (Å²) in [6.07, 6.45) is 7.17. The van der Waals surface area contributed by atoms with Crippen molar-refractivity contribution in [2.24, 2.45) is 5.92 Å². The molecule has 2 nitrogen and oxygen atoms in total. The molecule has 0 radical (unpaired) electrons. The standard InChI is InChI=1S/C13H18BrNO/c1-10-2-5-12(6-3-10)16-13-7-4-11(8-14)15-9-13/h4,7,9-10,12H,2-3,5-6,8H2,1H3. The average molecular weight is 284 g/mol. The summed E-state index contributed by atoms with van der Waals surface area (Å²) in [6, 6.07) is 4.02. The van der Waals surface area contributed by atoms with Crippen molar-refractivity contribution in [2.75, 3.05) is 0 Å². The first-order chi connectivity index (χ1) is 7.78. The van der Waals surface area contributed by atoms with Gasteiger partial charge in [0.05, 0.1) is 18.0 Å². The fraction of sp³-hybridized carbons (Fsp3) is 0.615. The van der Waals surface area contributed by atoms with Crippen molar-refractivity contribution in [1.29, 1.82) is 0 Å². The first-order valence-electron chi connectivity index (χ1n) is 5.95. The number of hydrogen-bond donors (Lipinski definition) is 0. The molecule has 0 unspecified atom stereocenters. The molecule has 3 heteroatoms. The van der Waals surface area contributed by atoms with Crippen LogP contribution in [-0.2, 0) is 5.33 Å². The number of aromatic nitrogens is 1. The lowest BCUT2D eigenvalue weighted by Crippen LogP contribution is -2.23. The molecule has 0 aromatic carbocycles. The van der Waals surface area contributed by atoms with E-state index in [1.165, 1.54) is 25.7 Å². The second-order valence-electron chi connectivity index (χ2n) is 4.62. The Kier molecular flexibility index (Phi) is 4.22. The molecule has 0 N–H and O–H groups in total. The van der Waals surface area contributed by atoms with Gasteiger partial charge in [-0.3, -0.25) is 4.98 Å². The number of pyridine rings is 1. The third kappa shape index (κ3) is 3.21. The van der Waals surface area contributed by atoms with Crippen LogP contribution in [0.1, 0.15) is 38.3 Å². The summed E-state index contributed by atoms with van der Waals surface area (Å²) < 4.78 is 5.93. The van der Waals surface area contributed by atoms with Crippen molar-refractivity contribution in [1.82, 2.24) is 4.98 Å². The first-order valence-corrected chi connectivity index (χ1v) is 7.07. The van der Waals surface area contributed by atoms with Crippen LogP contribution in [0.4, 0.5) is 0 Å². The summed E-state index contributed by atoms with van der Waals surface area (Å²) in [6.45, 7) is 2.32. The number of nitrogens with zero attached hydrogens (tertiary/aromatic N) is 1. The zero-order valence-corrected chi connectivity index (χ0v) is 11.2. The van der Waals surface area contributed by atoms with Crippen molar-refractivity contribution in [2.45, 2.75) is 44.0 Å². The summed E-state index contributed by atoms with van der Waals surface area (Å²) in [5, 5.41) is 0.800. The maximum atomic E-state index is 5.93. The van der Waals surface area contributed by atoms with Crippen LogP contribution in [0.2, 0.25) is 0 Å². The topological polar surface area (TPSA) is 22.1 Å². The van der Waals surface area contributed by atoms with Gasteiger partial charge >= 0.3 is 0 Å². The van der Waals surface area contributed by atoms with E-state index >= 15 is 0 Å². The van der Waals surface area contributed by atoms with E-state index in [1.807, 2.05) is 18.3 Å². The zero-order valence-electron chi connectivity index (χ0n) is 9.66. The van der Waals surface area contributed by atoms with Gasteiger partial charge in [0.15, 0.2) is 0 Å². The molecule has 1 fully saturated rings. The quantitative estimate of drug-likeness (QED) is 0.784. The Hall–Kier alpha value is -0.570. The average Bonchev–Trinajstić information content (AvgIpc) is 2.33. The number of alkyl halides is 1. The van der Waals surface area contributed by atoms with E-state index in [1.54, 1.807) is 0 Å². The zero-order chi connectivity index (χ0) is 11.4. The molecule has 1 aliphatic rings. The number of halogens is 1. The SMILES string of the molecule is CC1CCC(Oc2ccc(CBr)nc2)CC1. The van der Waals surface area contributed by atoms with E-state index in [9.17, 15) is 0 Å². The summed E-state index contributed by atoms with van der Waals surface area (Å²) in [5.74, 6) is 1.78. The fourth-order valence-corrected chi connectivity index (χ4v) is 2.43. The minimum atomic E-state index is 0.396. The van der Waals surface area contributed by atoms with E-state index in [-0.39, 0.29) is 0 Å². The molecule has 2 rings (SSSR count). The largest absolute Gasteiger partial charge is 0.489 e. The number of ether oxygens (including phenoxy) is 1. The molecule has 1 aromatic rings. The highest BCUT2D eigenvalue weighted by molar-refractivity contribution is 9.08. The molecule has 0 saturated heterocycles. The van der Waals surface area contributed by atoms with Crippen LogP contribution in [0.5, 0.6) is 5.75 Å². The van der Waals surface area contributed by atoms with Crippen LogP contribution >= 0.6 is 15.9 Å². The monoisotopic (exact) mass is 283 g/mol. The van der Waals surface area contributed by atoms with Crippen molar-refractivity contribution in [3.05, 3.63) is 24.0 Å². The molecule has 1 heterocycles. The van der Waals surface area contributed by atoms with Gasteiger partial charge in [-0.2, -0.15) is 0 Å². The van der Waals surface area contributed by atoms with Crippen LogP contribution in [0.3, 0.4) is 0 Å². The molecule has 16 heavy (non-hydrogen) atoms. The Bertz CT molecular complexity index is 317. The highest BCUT2D eigenvalue weighted by atomic mass is 79.9. The van der Waals surface area contributed by atoms with Crippen molar-refractivity contribution < 1.29 is 4.74 Å². The van der Waals surface area contributed by atoms with E-state index < -0.39 is 0 Å². The van der Waals surface area contributed by atoms with Crippen molar-refractivity contribution >= 4 is 15.9 Å². The maximum absolute atomic E-state index is 5.93. The van der Waals surface area contributed by atoms with Crippen molar-refractivity contribution in [3.63, 3.8) is 0 Å². The van der Waals surface area contributed by atoms with Gasteiger partial charge in [-0.15, -0.1) is 0 Å². The predicted molar refractivity (Wildman–Crippen MR) is 68.9 cm³/mol. The molecular weight excluding hydrogens is 266 g/mol. The van der Waals surface area contributed by atoms with Gasteiger partial charge in [-0.05, 0) is 43.7 Å². The van der Waals surface area contributed by atoms with Crippen LogP contribution in [0.25, 0.3) is 0 Å². The van der Waals surface area contributed by atoms with E-state index in [4.69, 9.17) is 4.74 Å². The van der Waals surface area contributed by atoms with Gasteiger partial charge in [0.2, 0.25) is 0 Å². The number of rotatable bonds is 3. The molecule has 0 bridgehead atoms. The maximum Gasteiger partial charge on any atom is 0.138 e. The third-order valence-electron chi connectivity index (χ3n) is 3.20. The molecule has 1 aliphatic carbocycles.